The van der Waals surface area contributed by atoms with Crippen LogP contribution in [0.25, 0.3) is 0 Å². The summed E-state index contributed by atoms with van der Waals surface area (Å²) >= 11 is 3.39. The predicted molar refractivity (Wildman–Crippen MR) is 86.6 cm³/mol. The Morgan fingerprint density at radius 3 is 2.14 bits per heavy atom. The highest BCUT2D eigenvalue weighted by atomic mass is 79.9. The summed E-state index contributed by atoms with van der Waals surface area (Å²) in [5.74, 6) is 2.34. The zero-order valence-corrected chi connectivity index (χ0v) is 13.3. The van der Waals surface area contributed by atoms with Crippen molar-refractivity contribution < 1.29 is 9.53 Å². The number of carbonyl (C=O) groups excluding carboxylic acids is 1. The third-order valence-corrected chi connectivity index (χ3v) is 4.15. The number of hydrogen-bond acceptors (Lipinski definition) is 2. The number of amides is 1. The van der Waals surface area contributed by atoms with E-state index in [4.69, 9.17) is 4.74 Å². The molecule has 1 fully saturated rings. The van der Waals surface area contributed by atoms with Gasteiger partial charge in [-0.05, 0) is 60.9 Å². The molecule has 2 atom stereocenters. The lowest BCUT2D eigenvalue weighted by molar-refractivity contribution is -0.117. The number of ether oxygens (including phenoxy) is 1. The summed E-state index contributed by atoms with van der Waals surface area (Å²) in [5, 5.41) is 2.93. The van der Waals surface area contributed by atoms with Crippen molar-refractivity contribution in [3.8, 4) is 11.5 Å². The van der Waals surface area contributed by atoms with Crippen LogP contribution in [0.1, 0.15) is 13.3 Å². The number of hydrogen-bond donors (Lipinski definition) is 1. The summed E-state index contributed by atoms with van der Waals surface area (Å²) in [6.45, 7) is 2.10. The Kier molecular flexibility index (Phi) is 3.97. The number of halogens is 1. The fourth-order valence-corrected chi connectivity index (χ4v) is 2.43. The molecule has 108 valence electrons. The predicted octanol–water partition coefficient (Wildman–Crippen LogP) is 4.84. The van der Waals surface area contributed by atoms with Crippen molar-refractivity contribution in [2.24, 2.45) is 11.8 Å². The van der Waals surface area contributed by atoms with Crippen molar-refractivity contribution in [1.29, 1.82) is 0 Å². The Labute approximate surface area is 132 Å². The quantitative estimate of drug-likeness (QED) is 0.861. The Bertz CT molecular complexity index is 637. The van der Waals surface area contributed by atoms with Crippen molar-refractivity contribution in [1.82, 2.24) is 0 Å². The van der Waals surface area contributed by atoms with Crippen molar-refractivity contribution in [2.75, 3.05) is 5.32 Å². The fraction of sp³-hybridized carbons (Fsp3) is 0.235. The van der Waals surface area contributed by atoms with Gasteiger partial charge in [-0.2, -0.15) is 0 Å². The van der Waals surface area contributed by atoms with E-state index in [9.17, 15) is 4.79 Å². The van der Waals surface area contributed by atoms with Crippen LogP contribution in [0.15, 0.2) is 53.0 Å². The first-order chi connectivity index (χ1) is 10.1. The first kappa shape index (κ1) is 14.1. The summed E-state index contributed by atoms with van der Waals surface area (Å²) in [5.41, 5.74) is 0.808. The lowest BCUT2D eigenvalue weighted by atomic mass is 10.2. The van der Waals surface area contributed by atoms with Gasteiger partial charge in [0.25, 0.3) is 0 Å². The van der Waals surface area contributed by atoms with Crippen LogP contribution in [0.2, 0.25) is 0 Å². The molecule has 1 aliphatic carbocycles. The number of rotatable bonds is 4. The third-order valence-electron chi connectivity index (χ3n) is 3.62. The maximum Gasteiger partial charge on any atom is 0.227 e. The molecule has 0 heterocycles. The van der Waals surface area contributed by atoms with Crippen LogP contribution in [0.5, 0.6) is 11.5 Å². The average Bonchev–Trinajstić information content (AvgIpc) is 3.21. The molecule has 0 spiro atoms. The van der Waals surface area contributed by atoms with Crippen LogP contribution in [-0.4, -0.2) is 5.91 Å². The smallest absolute Gasteiger partial charge is 0.227 e. The third kappa shape index (κ3) is 3.64. The molecule has 3 rings (SSSR count). The average molecular weight is 346 g/mol. The van der Waals surface area contributed by atoms with Crippen LogP contribution in [0, 0.1) is 11.8 Å². The normalized spacial score (nSPS) is 19.9. The SMILES string of the molecule is C[C@H]1C[C@H]1C(=O)Nc1ccc(Oc2ccc(Br)cc2)cc1. The van der Waals surface area contributed by atoms with E-state index in [2.05, 4.69) is 28.2 Å². The molecule has 4 heteroatoms. The van der Waals surface area contributed by atoms with E-state index < -0.39 is 0 Å². The van der Waals surface area contributed by atoms with Crippen LogP contribution < -0.4 is 10.1 Å². The standard InChI is InChI=1S/C17H16BrNO2/c1-11-10-16(11)17(20)19-13-4-8-15(9-5-13)21-14-6-2-12(18)3-7-14/h2-9,11,16H,10H2,1H3,(H,19,20)/t11-,16+/m0/s1. The summed E-state index contributed by atoms with van der Waals surface area (Å²) in [6, 6.07) is 15.1. The molecular formula is C17H16BrNO2. The summed E-state index contributed by atoms with van der Waals surface area (Å²) in [6.07, 6.45) is 0.997. The number of anilines is 1. The van der Waals surface area contributed by atoms with Gasteiger partial charge in [0.1, 0.15) is 11.5 Å². The van der Waals surface area contributed by atoms with Gasteiger partial charge in [0.2, 0.25) is 5.91 Å². The Morgan fingerprint density at radius 1 is 1.10 bits per heavy atom. The van der Waals surface area contributed by atoms with Crippen LogP contribution in [-0.2, 0) is 4.79 Å². The van der Waals surface area contributed by atoms with Gasteiger partial charge in [-0.1, -0.05) is 22.9 Å². The van der Waals surface area contributed by atoms with E-state index in [1.165, 1.54) is 0 Å². The molecule has 0 aromatic heterocycles. The van der Waals surface area contributed by atoms with E-state index in [-0.39, 0.29) is 11.8 Å². The second-order valence-electron chi connectivity index (χ2n) is 5.39. The first-order valence-corrected chi connectivity index (χ1v) is 7.75. The minimum absolute atomic E-state index is 0.115. The van der Waals surface area contributed by atoms with Crippen molar-refractivity contribution in [3.05, 3.63) is 53.0 Å². The number of benzene rings is 2. The van der Waals surface area contributed by atoms with Gasteiger partial charge in [-0.3, -0.25) is 4.79 Å². The molecular weight excluding hydrogens is 330 g/mol. The molecule has 3 nitrogen and oxygen atoms in total. The molecule has 1 N–H and O–H groups in total. The van der Waals surface area contributed by atoms with E-state index >= 15 is 0 Å². The minimum atomic E-state index is 0.115. The number of nitrogens with one attached hydrogen (secondary N) is 1. The highest BCUT2D eigenvalue weighted by Crippen LogP contribution is 2.38. The summed E-state index contributed by atoms with van der Waals surface area (Å²) < 4.78 is 6.75. The van der Waals surface area contributed by atoms with Gasteiger partial charge in [-0.15, -0.1) is 0 Å². The highest BCUT2D eigenvalue weighted by Gasteiger charge is 2.38. The van der Waals surface area contributed by atoms with E-state index in [1.807, 2.05) is 48.5 Å². The van der Waals surface area contributed by atoms with Gasteiger partial charge < -0.3 is 10.1 Å². The molecule has 0 saturated heterocycles. The fourth-order valence-electron chi connectivity index (χ4n) is 2.17. The zero-order valence-electron chi connectivity index (χ0n) is 11.7. The molecule has 21 heavy (non-hydrogen) atoms. The van der Waals surface area contributed by atoms with Crippen molar-refractivity contribution in [2.45, 2.75) is 13.3 Å². The summed E-state index contributed by atoms with van der Waals surface area (Å²) in [4.78, 5) is 11.8. The van der Waals surface area contributed by atoms with Gasteiger partial charge in [0.05, 0.1) is 0 Å². The first-order valence-electron chi connectivity index (χ1n) is 6.96. The summed E-state index contributed by atoms with van der Waals surface area (Å²) in [7, 11) is 0. The van der Waals surface area contributed by atoms with Crippen LogP contribution >= 0.6 is 15.9 Å². The van der Waals surface area contributed by atoms with E-state index in [0.717, 1.165) is 28.1 Å². The molecule has 0 radical (unpaired) electrons. The maximum atomic E-state index is 11.8. The van der Waals surface area contributed by atoms with Crippen LogP contribution in [0.4, 0.5) is 5.69 Å². The van der Waals surface area contributed by atoms with E-state index in [1.54, 1.807) is 0 Å². The van der Waals surface area contributed by atoms with Gasteiger partial charge in [-0.25, -0.2) is 0 Å². The van der Waals surface area contributed by atoms with Gasteiger partial charge >= 0.3 is 0 Å². The molecule has 1 saturated carbocycles. The van der Waals surface area contributed by atoms with Gasteiger partial charge in [0.15, 0.2) is 0 Å². The monoisotopic (exact) mass is 345 g/mol. The molecule has 2 aromatic rings. The molecule has 2 aromatic carbocycles. The molecule has 1 aliphatic rings. The Balaban J connectivity index is 1.61. The van der Waals surface area contributed by atoms with E-state index in [0.29, 0.717) is 5.92 Å². The zero-order chi connectivity index (χ0) is 14.8. The second kappa shape index (κ2) is 5.90. The molecule has 0 bridgehead atoms. The lowest BCUT2D eigenvalue weighted by Gasteiger charge is -2.08. The van der Waals surface area contributed by atoms with Gasteiger partial charge in [0, 0.05) is 16.1 Å². The molecule has 1 amide bonds. The molecule has 0 unspecified atom stereocenters. The largest absolute Gasteiger partial charge is 0.457 e. The number of carbonyl (C=O) groups is 1. The maximum absolute atomic E-state index is 11.8. The highest BCUT2D eigenvalue weighted by molar-refractivity contribution is 9.10. The lowest BCUT2D eigenvalue weighted by Crippen LogP contribution is -2.14. The van der Waals surface area contributed by atoms with Crippen LogP contribution in [0.3, 0.4) is 0 Å². The van der Waals surface area contributed by atoms with Crippen molar-refractivity contribution >= 4 is 27.5 Å². The van der Waals surface area contributed by atoms with Crippen molar-refractivity contribution in [3.63, 3.8) is 0 Å². The molecule has 0 aliphatic heterocycles. The minimum Gasteiger partial charge on any atom is -0.457 e. The topological polar surface area (TPSA) is 38.3 Å². The Morgan fingerprint density at radius 2 is 1.62 bits per heavy atom. The second-order valence-corrected chi connectivity index (χ2v) is 6.30. The Hall–Kier alpha value is -1.81.